The number of nitrogens with zero attached hydrogens (tertiary/aromatic N) is 1. The van der Waals surface area contributed by atoms with Crippen LogP contribution in [0.25, 0.3) is 0 Å². The van der Waals surface area contributed by atoms with Gasteiger partial charge in [0.05, 0.1) is 18.1 Å². The molecule has 1 atom stereocenters. The molecule has 1 aliphatic rings. The zero-order valence-electron chi connectivity index (χ0n) is 13.0. The van der Waals surface area contributed by atoms with Crippen molar-refractivity contribution in [2.75, 3.05) is 7.11 Å². The summed E-state index contributed by atoms with van der Waals surface area (Å²) in [6.07, 6.45) is 1.27. The van der Waals surface area contributed by atoms with Gasteiger partial charge in [0.1, 0.15) is 0 Å². The van der Waals surface area contributed by atoms with Gasteiger partial charge in [-0.25, -0.2) is 4.39 Å². The number of halogens is 1. The maximum absolute atomic E-state index is 14.2. The Morgan fingerprint density at radius 3 is 2.70 bits per heavy atom. The molecule has 0 saturated carbocycles. The maximum atomic E-state index is 14.2. The van der Waals surface area contributed by atoms with E-state index in [1.807, 2.05) is 0 Å². The number of hydrogen-bond acceptors (Lipinski definition) is 4. The van der Waals surface area contributed by atoms with Crippen LogP contribution < -0.4 is 9.47 Å². The normalized spacial score (nSPS) is 16.1. The lowest BCUT2D eigenvalue weighted by atomic mass is 9.70. The Labute approximate surface area is 132 Å². The average Bonchev–Trinajstić information content (AvgIpc) is 2.53. The van der Waals surface area contributed by atoms with E-state index < -0.39 is 23.1 Å². The lowest BCUT2D eigenvalue weighted by Crippen LogP contribution is -2.38. The van der Waals surface area contributed by atoms with Crippen LogP contribution in [0.2, 0.25) is 0 Å². The number of benzene rings is 1. The van der Waals surface area contributed by atoms with Crippen LogP contribution in [0.3, 0.4) is 0 Å². The van der Waals surface area contributed by atoms with Gasteiger partial charge >= 0.3 is 11.8 Å². The van der Waals surface area contributed by atoms with Crippen LogP contribution in [0.5, 0.6) is 11.6 Å². The molecule has 5 nitrogen and oxygen atoms in total. The molecular formula is C17H16FNO4. The fourth-order valence-electron chi connectivity index (χ4n) is 3.10. The molecule has 0 N–H and O–H groups in total. The lowest BCUT2D eigenvalue weighted by molar-refractivity contribution is -0.612. The van der Waals surface area contributed by atoms with Gasteiger partial charge in [-0.05, 0) is 26.0 Å². The predicted molar refractivity (Wildman–Crippen MR) is 79.5 cm³/mol. The van der Waals surface area contributed by atoms with Crippen molar-refractivity contribution in [2.45, 2.75) is 19.8 Å². The molecule has 0 aliphatic carbocycles. The third kappa shape index (κ3) is 2.21. The Morgan fingerprint density at radius 1 is 1.30 bits per heavy atom. The van der Waals surface area contributed by atoms with Crippen LogP contribution in [0.15, 0.2) is 36.5 Å². The molecule has 0 saturated heterocycles. The molecule has 1 aromatic heterocycles. The van der Waals surface area contributed by atoms with Crippen molar-refractivity contribution < 1.29 is 23.4 Å². The summed E-state index contributed by atoms with van der Waals surface area (Å²) in [5.41, 5.74) is 0.0274. The summed E-state index contributed by atoms with van der Waals surface area (Å²) in [4.78, 5) is 12.3. The molecular weight excluding hydrogens is 301 g/mol. The fraction of sp³-hybridized carbons (Fsp3) is 0.294. The highest BCUT2D eigenvalue weighted by Crippen LogP contribution is 2.51. The van der Waals surface area contributed by atoms with E-state index in [4.69, 9.17) is 9.47 Å². The minimum atomic E-state index is -1.01. The summed E-state index contributed by atoms with van der Waals surface area (Å²) >= 11 is 0. The van der Waals surface area contributed by atoms with Gasteiger partial charge in [0.15, 0.2) is 17.8 Å². The van der Waals surface area contributed by atoms with E-state index in [-0.39, 0.29) is 11.6 Å². The van der Waals surface area contributed by atoms with Crippen molar-refractivity contribution in [2.24, 2.45) is 5.41 Å². The minimum Gasteiger partial charge on any atom is -0.616 e. The van der Waals surface area contributed by atoms with Gasteiger partial charge in [0.2, 0.25) is 0 Å². The molecule has 6 heteroatoms. The van der Waals surface area contributed by atoms with E-state index in [2.05, 4.69) is 0 Å². The topological polar surface area (TPSA) is 62.5 Å². The second-order valence-corrected chi connectivity index (χ2v) is 6.00. The van der Waals surface area contributed by atoms with E-state index in [0.717, 1.165) is 0 Å². The zero-order valence-corrected chi connectivity index (χ0v) is 13.0. The molecule has 1 unspecified atom stereocenters. The smallest absolute Gasteiger partial charge is 0.388 e. The number of pyridine rings is 1. The Kier molecular flexibility index (Phi) is 3.47. The monoisotopic (exact) mass is 317 g/mol. The van der Waals surface area contributed by atoms with E-state index in [0.29, 0.717) is 15.9 Å². The number of hydrogen-bond donors (Lipinski definition) is 0. The van der Waals surface area contributed by atoms with Gasteiger partial charge in [0, 0.05) is 17.5 Å². The fourth-order valence-corrected chi connectivity index (χ4v) is 3.10. The number of para-hydroxylation sites is 1. The summed E-state index contributed by atoms with van der Waals surface area (Å²) in [5, 5.41) is 12.0. The van der Waals surface area contributed by atoms with Gasteiger partial charge < -0.3 is 14.7 Å². The first-order valence-corrected chi connectivity index (χ1v) is 7.14. The highest BCUT2D eigenvalue weighted by atomic mass is 19.1. The second kappa shape index (κ2) is 5.22. The number of ether oxygens (including phenoxy) is 2. The largest absolute Gasteiger partial charge is 0.616 e. The van der Waals surface area contributed by atoms with E-state index >= 15 is 0 Å². The molecule has 1 aromatic carbocycles. The van der Waals surface area contributed by atoms with Crippen LogP contribution in [0.4, 0.5) is 4.39 Å². The number of aromatic nitrogens is 1. The van der Waals surface area contributed by atoms with Gasteiger partial charge in [-0.15, -0.1) is 4.73 Å². The Hall–Kier alpha value is -2.63. The first-order chi connectivity index (χ1) is 10.9. The molecule has 2 heterocycles. The van der Waals surface area contributed by atoms with E-state index in [1.54, 1.807) is 38.1 Å². The molecule has 3 rings (SSSR count). The molecule has 0 amide bonds. The van der Waals surface area contributed by atoms with Crippen LogP contribution >= 0.6 is 0 Å². The lowest BCUT2D eigenvalue weighted by Gasteiger charge is -2.35. The number of carbonyl (C=O) groups is 1. The van der Waals surface area contributed by atoms with Crippen LogP contribution in [0, 0.1) is 16.4 Å². The quantitative estimate of drug-likeness (QED) is 0.485. The molecule has 120 valence electrons. The summed E-state index contributed by atoms with van der Waals surface area (Å²) in [7, 11) is 1.30. The molecule has 2 aromatic rings. The number of esters is 1. The summed E-state index contributed by atoms with van der Waals surface area (Å²) in [5.74, 6) is -1.65. The third-order valence-electron chi connectivity index (χ3n) is 4.20. The van der Waals surface area contributed by atoms with Crippen LogP contribution in [0.1, 0.15) is 30.9 Å². The van der Waals surface area contributed by atoms with E-state index in [1.165, 1.54) is 19.4 Å². The number of methoxy groups -OCH3 is 1. The van der Waals surface area contributed by atoms with Crippen molar-refractivity contribution in [1.29, 1.82) is 0 Å². The highest BCUT2D eigenvalue weighted by molar-refractivity contribution is 5.79. The maximum Gasteiger partial charge on any atom is 0.388 e. The zero-order chi connectivity index (χ0) is 16.8. The first kappa shape index (κ1) is 15.3. The van der Waals surface area contributed by atoms with Crippen molar-refractivity contribution in [1.82, 2.24) is 0 Å². The molecule has 0 bridgehead atoms. The first-order valence-electron chi connectivity index (χ1n) is 7.14. The van der Waals surface area contributed by atoms with Crippen molar-refractivity contribution >= 4 is 5.97 Å². The number of carbonyl (C=O) groups excluding carboxylic acids is 1. The molecule has 0 radical (unpaired) electrons. The molecule has 1 aliphatic heterocycles. The third-order valence-corrected chi connectivity index (χ3v) is 4.20. The summed E-state index contributed by atoms with van der Waals surface area (Å²) in [6, 6.07) is 7.77. The molecule has 0 fully saturated rings. The molecule has 23 heavy (non-hydrogen) atoms. The highest BCUT2D eigenvalue weighted by Gasteiger charge is 2.47. The van der Waals surface area contributed by atoms with Crippen LogP contribution in [-0.2, 0) is 9.53 Å². The SMILES string of the molecule is COC(=O)C(C)(C)C1c2cccc(F)c2Oc2c1ccc[n+]2[O-]. The van der Waals surface area contributed by atoms with Crippen molar-refractivity contribution in [3.05, 3.63) is 58.7 Å². The molecule has 0 spiro atoms. The second-order valence-electron chi connectivity index (χ2n) is 6.00. The number of fused-ring (bicyclic) bond motifs is 2. The summed E-state index contributed by atoms with van der Waals surface area (Å²) < 4.78 is 25.1. The standard InChI is InChI=1S/C17H16FNO4/c1-17(2,16(20)22-3)13-10-6-4-8-12(18)14(10)23-15-11(13)7-5-9-19(15)21/h4-9,13H,1-3H3. The van der Waals surface area contributed by atoms with Crippen LogP contribution in [-0.4, -0.2) is 13.1 Å². The predicted octanol–water partition coefficient (Wildman–Crippen LogP) is 2.90. The average molecular weight is 317 g/mol. The van der Waals surface area contributed by atoms with E-state index in [9.17, 15) is 14.4 Å². The number of rotatable bonds is 2. The van der Waals surface area contributed by atoms with Gasteiger partial charge in [0.25, 0.3) is 0 Å². The van der Waals surface area contributed by atoms with Gasteiger partial charge in [-0.1, -0.05) is 12.1 Å². The van der Waals surface area contributed by atoms with Crippen molar-refractivity contribution in [3.63, 3.8) is 0 Å². The Morgan fingerprint density at radius 2 is 2.00 bits per heavy atom. The Balaban J connectivity index is 2.30. The minimum absolute atomic E-state index is 0.0212. The van der Waals surface area contributed by atoms with Crippen molar-refractivity contribution in [3.8, 4) is 11.6 Å². The van der Waals surface area contributed by atoms with Gasteiger partial charge in [-0.2, -0.15) is 0 Å². The Bertz CT molecular complexity index is 737. The van der Waals surface area contributed by atoms with Gasteiger partial charge in [-0.3, -0.25) is 4.79 Å². The summed E-state index contributed by atoms with van der Waals surface area (Å²) in [6.45, 7) is 3.41.